The van der Waals surface area contributed by atoms with E-state index in [0.29, 0.717) is 26.1 Å². The summed E-state index contributed by atoms with van der Waals surface area (Å²) in [7, 11) is 0. The van der Waals surface area contributed by atoms with Gasteiger partial charge >= 0.3 is 6.03 Å². The molecule has 0 aliphatic heterocycles. The third-order valence-corrected chi connectivity index (χ3v) is 4.07. The van der Waals surface area contributed by atoms with Gasteiger partial charge in [0.15, 0.2) is 0 Å². The molecule has 3 amide bonds. The lowest BCUT2D eigenvalue weighted by Gasteiger charge is -2.14. The minimum atomic E-state index is -0.694. The first kappa shape index (κ1) is 21.4. The van der Waals surface area contributed by atoms with Crippen LogP contribution in [0.4, 0.5) is 14.9 Å². The molecule has 2 aromatic carbocycles. The number of urea groups is 1. The summed E-state index contributed by atoms with van der Waals surface area (Å²) >= 11 is 0. The summed E-state index contributed by atoms with van der Waals surface area (Å²) in [6, 6.07) is 13.5. The molecule has 0 saturated carbocycles. The van der Waals surface area contributed by atoms with Crippen molar-refractivity contribution in [1.82, 2.24) is 10.6 Å². The van der Waals surface area contributed by atoms with Gasteiger partial charge in [0.25, 0.3) is 5.91 Å². The summed E-state index contributed by atoms with van der Waals surface area (Å²) in [5.41, 5.74) is 1.02. The molecule has 0 heterocycles. The zero-order valence-corrected chi connectivity index (χ0v) is 16.1. The third kappa shape index (κ3) is 6.35. The Labute approximate surface area is 164 Å². The van der Waals surface area contributed by atoms with E-state index in [2.05, 4.69) is 16.0 Å². The van der Waals surface area contributed by atoms with Gasteiger partial charge in [-0.05, 0) is 38.0 Å². The first-order chi connectivity index (χ1) is 13.5. The van der Waals surface area contributed by atoms with Crippen molar-refractivity contribution in [2.75, 3.05) is 25.0 Å². The Morgan fingerprint density at radius 3 is 2.54 bits per heavy atom. The molecule has 28 heavy (non-hydrogen) atoms. The van der Waals surface area contributed by atoms with Gasteiger partial charge in [0.2, 0.25) is 0 Å². The summed E-state index contributed by atoms with van der Waals surface area (Å²) in [6.45, 7) is 4.93. The molecule has 7 heteroatoms. The lowest BCUT2D eigenvalue weighted by Crippen LogP contribution is -2.31. The Hall–Kier alpha value is -2.93. The first-order valence-electron chi connectivity index (χ1n) is 9.31. The van der Waals surface area contributed by atoms with Gasteiger partial charge in [-0.15, -0.1) is 0 Å². The maximum atomic E-state index is 14.1. The van der Waals surface area contributed by atoms with Crippen LogP contribution in [-0.2, 0) is 4.74 Å². The van der Waals surface area contributed by atoms with E-state index in [1.807, 2.05) is 37.3 Å². The molecule has 6 nitrogen and oxygen atoms in total. The quantitative estimate of drug-likeness (QED) is 0.572. The van der Waals surface area contributed by atoms with Crippen molar-refractivity contribution in [1.29, 1.82) is 0 Å². The van der Waals surface area contributed by atoms with Gasteiger partial charge in [0.05, 0.1) is 17.4 Å². The molecule has 0 radical (unpaired) electrons. The fourth-order valence-electron chi connectivity index (χ4n) is 2.63. The maximum absolute atomic E-state index is 14.1. The van der Waals surface area contributed by atoms with Crippen molar-refractivity contribution < 1.29 is 18.7 Å². The van der Waals surface area contributed by atoms with Crippen molar-refractivity contribution in [3.63, 3.8) is 0 Å². The molecule has 0 aliphatic rings. The van der Waals surface area contributed by atoms with Gasteiger partial charge in [-0.2, -0.15) is 0 Å². The number of hydrogen-bond donors (Lipinski definition) is 3. The van der Waals surface area contributed by atoms with Gasteiger partial charge in [-0.3, -0.25) is 4.79 Å². The number of anilines is 1. The molecule has 0 spiro atoms. The van der Waals surface area contributed by atoms with Crippen LogP contribution < -0.4 is 16.0 Å². The molecule has 0 bridgehead atoms. The van der Waals surface area contributed by atoms with Crippen molar-refractivity contribution in [3.8, 4) is 0 Å². The molecule has 3 N–H and O–H groups in total. The molecule has 1 atom stereocenters. The molecule has 2 rings (SSSR count). The molecule has 0 aliphatic carbocycles. The van der Waals surface area contributed by atoms with Crippen molar-refractivity contribution >= 4 is 17.6 Å². The normalized spacial score (nSPS) is 11.5. The monoisotopic (exact) mass is 387 g/mol. The van der Waals surface area contributed by atoms with E-state index in [-0.39, 0.29) is 17.4 Å². The van der Waals surface area contributed by atoms with Crippen LogP contribution >= 0.6 is 0 Å². The molecule has 2 aromatic rings. The number of halogens is 1. The van der Waals surface area contributed by atoms with Gasteiger partial charge in [-0.25, -0.2) is 9.18 Å². The van der Waals surface area contributed by atoms with Crippen LogP contribution in [0.15, 0.2) is 48.5 Å². The highest BCUT2D eigenvalue weighted by Gasteiger charge is 2.17. The van der Waals surface area contributed by atoms with E-state index in [4.69, 9.17) is 4.74 Å². The maximum Gasteiger partial charge on any atom is 0.319 e. The first-order valence-corrected chi connectivity index (χ1v) is 9.31. The number of amides is 3. The Bertz CT molecular complexity index is 784. The Morgan fingerprint density at radius 2 is 1.82 bits per heavy atom. The van der Waals surface area contributed by atoms with E-state index in [0.717, 1.165) is 5.56 Å². The number of benzene rings is 2. The highest BCUT2D eigenvalue weighted by molar-refractivity contribution is 6.03. The predicted octanol–water partition coefficient (Wildman–Crippen LogP) is 3.86. The number of carbonyl (C=O) groups is 2. The smallest absolute Gasteiger partial charge is 0.319 e. The number of rotatable bonds is 9. The zero-order valence-electron chi connectivity index (χ0n) is 16.1. The standard InChI is InChI=1S/C21H26FN3O3/c1-3-23-21(27)25-18-12-7-11-17(22)19(18)20(26)24-13-8-14-28-15(2)16-9-5-4-6-10-16/h4-7,9-12,15H,3,8,13-14H2,1-2H3,(H,24,26)(H2,23,25,27)/t15-/m0/s1. The van der Waals surface area contributed by atoms with Crippen molar-refractivity contribution in [2.24, 2.45) is 0 Å². The number of carbonyl (C=O) groups excluding carboxylic acids is 2. The topological polar surface area (TPSA) is 79.5 Å². The SMILES string of the molecule is CCNC(=O)Nc1cccc(F)c1C(=O)NCCCO[C@@H](C)c1ccccc1. The molecule has 0 fully saturated rings. The van der Waals surface area contributed by atoms with E-state index in [1.54, 1.807) is 6.92 Å². The van der Waals surface area contributed by atoms with Crippen LogP contribution in [0, 0.1) is 5.82 Å². The lowest BCUT2D eigenvalue weighted by atomic mass is 10.1. The highest BCUT2D eigenvalue weighted by atomic mass is 19.1. The lowest BCUT2D eigenvalue weighted by molar-refractivity contribution is 0.0635. The summed E-state index contributed by atoms with van der Waals surface area (Å²) in [5, 5.41) is 7.70. The van der Waals surface area contributed by atoms with Crippen LogP contribution in [0.1, 0.15) is 42.3 Å². The van der Waals surface area contributed by atoms with Crippen LogP contribution in [0.5, 0.6) is 0 Å². The van der Waals surface area contributed by atoms with Crippen molar-refractivity contribution in [2.45, 2.75) is 26.4 Å². The van der Waals surface area contributed by atoms with Crippen LogP contribution in [0.3, 0.4) is 0 Å². The Kier molecular flexibility index (Phi) is 8.42. The highest BCUT2D eigenvalue weighted by Crippen LogP contribution is 2.19. The van der Waals surface area contributed by atoms with Gasteiger partial charge in [0.1, 0.15) is 5.82 Å². The molecule has 0 saturated heterocycles. The van der Waals surface area contributed by atoms with E-state index >= 15 is 0 Å². The number of hydrogen-bond acceptors (Lipinski definition) is 3. The Balaban J connectivity index is 1.83. The average molecular weight is 387 g/mol. The van der Waals surface area contributed by atoms with E-state index < -0.39 is 17.8 Å². The second-order valence-corrected chi connectivity index (χ2v) is 6.18. The minimum Gasteiger partial charge on any atom is -0.374 e. The molecule has 0 aromatic heterocycles. The predicted molar refractivity (Wildman–Crippen MR) is 107 cm³/mol. The van der Waals surface area contributed by atoms with Crippen LogP contribution in [-0.4, -0.2) is 31.6 Å². The molecular weight excluding hydrogens is 361 g/mol. The zero-order chi connectivity index (χ0) is 20.4. The van der Waals surface area contributed by atoms with Gasteiger partial charge in [0, 0.05) is 19.7 Å². The molecule has 0 unspecified atom stereocenters. The van der Waals surface area contributed by atoms with Crippen LogP contribution in [0.2, 0.25) is 0 Å². The Morgan fingerprint density at radius 1 is 1.07 bits per heavy atom. The fourth-order valence-corrected chi connectivity index (χ4v) is 2.63. The van der Waals surface area contributed by atoms with E-state index in [9.17, 15) is 14.0 Å². The van der Waals surface area contributed by atoms with E-state index in [1.165, 1.54) is 18.2 Å². The van der Waals surface area contributed by atoms with Crippen LogP contribution in [0.25, 0.3) is 0 Å². The second kappa shape index (κ2) is 11.0. The summed E-state index contributed by atoms with van der Waals surface area (Å²) < 4.78 is 19.9. The summed E-state index contributed by atoms with van der Waals surface area (Å²) in [5.74, 6) is -1.28. The number of nitrogens with one attached hydrogen (secondary N) is 3. The fraction of sp³-hybridized carbons (Fsp3) is 0.333. The van der Waals surface area contributed by atoms with Gasteiger partial charge < -0.3 is 20.7 Å². The largest absolute Gasteiger partial charge is 0.374 e. The number of ether oxygens (including phenoxy) is 1. The van der Waals surface area contributed by atoms with Gasteiger partial charge in [-0.1, -0.05) is 36.4 Å². The molecule has 150 valence electrons. The third-order valence-electron chi connectivity index (χ3n) is 4.07. The average Bonchev–Trinajstić information content (AvgIpc) is 2.68. The van der Waals surface area contributed by atoms with Crippen molar-refractivity contribution in [3.05, 3.63) is 65.5 Å². The molecular formula is C21H26FN3O3. The second-order valence-electron chi connectivity index (χ2n) is 6.18. The summed E-state index contributed by atoms with van der Waals surface area (Å²) in [6.07, 6.45) is 0.535. The minimum absolute atomic E-state index is 0.0450. The summed E-state index contributed by atoms with van der Waals surface area (Å²) in [4.78, 5) is 24.1.